The highest BCUT2D eigenvalue weighted by Gasteiger charge is 2.23. The minimum atomic E-state index is -0.747. The second-order valence-corrected chi connectivity index (χ2v) is 15.1. The van der Waals surface area contributed by atoms with E-state index in [1.807, 2.05) is 25.1 Å². The normalized spacial score (nSPS) is 11.4. The first-order valence-electron chi connectivity index (χ1n) is 21.9. The summed E-state index contributed by atoms with van der Waals surface area (Å²) in [6.45, 7) is 23.2. The number of carbonyl (C=O) groups is 4. The first-order chi connectivity index (χ1) is 29.9. The van der Waals surface area contributed by atoms with E-state index in [4.69, 9.17) is 18.6 Å². The lowest BCUT2D eigenvalue weighted by molar-refractivity contribution is -0.126. The Morgan fingerprint density at radius 2 is 1.48 bits per heavy atom. The minimum Gasteiger partial charge on any atom is -1.00 e. The standard InChI is InChI=1S/C48H66N6O8.ClH/c1-9-53(10-2)37-17-20-40-43(30-37)62-44-31-38(54(11-3)12-4)18-21-41(44)46(40)39-19-16-36(29-34(39)7)52-48(58)42(51-35(8)55)15-13-14-22-49-45(56)32-61-28-27-60-26-25-59-24-23-50-47(57)33(5)6;/h16-21,29-31,42H,5,9-15,22-28,32H2,1-4,6-8H3,(H3,49,50,51,55,56,57);1H/t42-;/m0./s1. The molecule has 4 amide bonds. The van der Waals surface area contributed by atoms with Crippen molar-refractivity contribution in [2.45, 2.75) is 73.8 Å². The van der Waals surface area contributed by atoms with Gasteiger partial charge in [-0.05, 0) is 102 Å². The van der Waals surface area contributed by atoms with Gasteiger partial charge in [-0.2, -0.15) is 0 Å². The zero-order valence-electron chi connectivity index (χ0n) is 38.1. The van der Waals surface area contributed by atoms with Crippen molar-refractivity contribution in [3.05, 3.63) is 77.7 Å². The van der Waals surface area contributed by atoms with Crippen LogP contribution in [0.1, 0.15) is 66.4 Å². The number of rotatable bonds is 26. The molecular weight excluding hydrogens is 824 g/mol. The van der Waals surface area contributed by atoms with Crippen molar-refractivity contribution in [1.29, 1.82) is 0 Å². The summed E-state index contributed by atoms with van der Waals surface area (Å²) in [7, 11) is 0. The summed E-state index contributed by atoms with van der Waals surface area (Å²) in [4.78, 5) is 51.7. The number of hydrogen-bond donors (Lipinski definition) is 4. The van der Waals surface area contributed by atoms with Gasteiger partial charge in [0.1, 0.15) is 37.1 Å². The van der Waals surface area contributed by atoms with Gasteiger partial charge in [0.15, 0.2) is 0 Å². The third-order valence-electron chi connectivity index (χ3n) is 10.5. The van der Waals surface area contributed by atoms with Gasteiger partial charge in [-0.15, -0.1) is 0 Å². The highest BCUT2D eigenvalue weighted by atomic mass is 35.5. The summed E-state index contributed by atoms with van der Waals surface area (Å²) in [5.41, 5.74) is 7.05. The molecule has 0 fully saturated rings. The monoisotopic (exact) mass is 890 g/mol. The van der Waals surface area contributed by atoms with Crippen molar-refractivity contribution in [3.63, 3.8) is 0 Å². The Morgan fingerprint density at radius 3 is 2.13 bits per heavy atom. The molecule has 0 aromatic heterocycles. The van der Waals surface area contributed by atoms with E-state index in [1.54, 1.807) is 6.92 Å². The van der Waals surface area contributed by atoms with Crippen molar-refractivity contribution in [1.82, 2.24) is 20.5 Å². The molecule has 0 radical (unpaired) electrons. The van der Waals surface area contributed by atoms with Gasteiger partial charge in [-0.1, -0.05) is 12.6 Å². The molecule has 4 N–H and O–H groups in total. The average Bonchev–Trinajstić information content (AvgIpc) is 3.25. The quantitative estimate of drug-likeness (QED) is 0.0322. The maximum absolute atomic E-state index is 13.6. The lowest BCUT2D eigenvalue weighted by Gasteiger charge is -2.23. The van der Waals surface area contributed by atoms with Gasteiger partial charge in [-0.3, -0.25) is 19.2 Å². The fourth-order valence-electron chi connectivity index (χ4n) is 7.24. The molecule has 2 aliphatic rings. The summed E-state index contributed by atoms with van der Waals surface area (Å²) in [5.74, 6) is -0.261. The fraction of sp³-hybridized carbons (Fsp3) is 0.479. The second-order valence-electron chi connectivity index (χ2n) is 15.1. The van der Waals surface area contributed by atoms with Gasteiger partial charge in [-0.25, -0.2) is 4.58 Å². The van der Waals surface area contributed by atoms with Crippen molar-refractivity contribution >= 4 is 46.0 Å². The van der Waals surface area contributed by atoms with E-state index < -0.39 is 6.04 Å². The van der Waals surface area contributed by atoms with E-state index in [0.717, 1.165) is 76.2 Å². The van der Waals surface area contributed by atoms with Crippen molar-refractivity contribution in [2.24, 2.45) is 0 Å². The van der Waals surface area contributed by atoms with Crippen LogP contribution in [0.2, 0.25) is 0 Å². The van der Waals surface area contributed by atoms with Crippen LogP contribution in [-0.2, 0) is 33.4 Å². The number of unbranched alkanes of at least 4 members (excludes halogenated alkanes) is 1. The zero-order chi connectivity index (χ0) is 45.0. The van der Waals surface area contributed by atoms with Gasteiger partial charge < -0.3 is 57.2 Å². The summed E-state index contributed by atoms with van der Waals surface area (Å²) < 4.78 is 25.2. The van der Waals surface area contributed by atoms with E-state index in [0.29, 0.717) is 70.0 Å². The summed E-state index contributed by atoms with van der Waals surface area (Å²) >= 11 is 0. The van der Waals surface area contributed by atoms with Crippen LogP contribution in [0.25, 0.3) is 33.4 Å². The lowest BCUT2D eigenvalue weighted by Crippen LogP contribution is -3.00. The first-order valence-corrected chi connectivity index (χ1v) is 21.9. The number of amides is 4. The number of benzene rings is 3. The van der Waals surface area contributed by atoms with E-state index in [9.17, 15) is 19.2 Å². The van der Waals surface area contributed by atoms with Gasteiger partial charge in [0.05, 0.1) is 39.1 Å². The maximum atomic E-state index is 13.6. The van der Waals surface area contributed by atoms with Crippen LogP contribution in [0.5, 0.6) is 0 Å². The smallest absolute Gasteiger partial charge is 0.246 e. The van der Waals surface area contributed by atoms with Crippen molar-refractivity contribution in [3.8, 4) is 22.5 Å². The lowest BCUT2D eigenvalue weighted by atomic mass is 9.90. The summed E-state index contributed by atoms with van der Waals surface area (Å²) in [6.07, 6.45) is 1.61. The number of ether oxygens (including phenoxy) is 3. The third kappa shape index (κ3) is 15.8. The Morgan fingerprint density at radius 1 is 0.794 bits per heavy atom. The molecule has 344 valence electrons. The molecule has 4 rings (SSSR count). The minimum absolute atomic E-state index is 0. The highest BCUT2D eigenvalue weighted by Crippen LogP contribution is 2.42. The van der Waals surface area contributed by atoms with Gasteiger partial charge in [0, 0.05) is 78.7 Å². The topological polar surface area (TPSA) is 163 Å². The molecule has 0 bridgehead atoms. The molecule has 0 unspecified atom stereocenters. The Hall–Kier alpha value is -5.28. The third-order valence-corrected chi connectivity index (χ3v) is 10.5. The van der Waals surface area contributed by atoms with Gasteiger partial charge in [0.25, 0.3) is 0 Å². The van der Waals surface area contributed by atoms with Gasteiger partial charge in [0.2, 0.25) is 29.0 Å². The number of carbonyl (C=O) groups excluding carboxylic acids is 4. The van der Waals surface area contributed by atoms with E-state index in [2.05, 4.69) is 101 Å². The molecule has 0 saturated carbocycles. The molecule has 14 nitrogen and oxygen atoms in total. The number of anilines is 2. The molecule has 0 saturated heterocycles. The molecule has 0 spiro atoms. The Bertz CT molecular complexity index is 2180. The summed E-state index contributed by atoms with van der Waals surface area (Å²) in [6, 6.07) is 18.0. The Kier molecular flexibility index (Phi) is 22.3. The molecule has 15 heteroatoms. The Balaban J connectivity index is 0.0000106. The molecule has 1 heterocycles. The van der Waals surface area contributed by atoms with Crippen molar-refractivity contribution < 1.29 is 50.2 Å². The largest absolute Gasteiger partial charge is 1.00 e. The predicted octanol–water partition coefficient (Wildman–Crippen LogP) is 2.65. The molecule has 2 aromatic rings. The number of hydrogen-bond acceptors (Lipinski definition) is 9. The second kappa shape index (κ2) is 27.0. The molecule has 1 atom stereocenters. The van der Waals surface area contributed by atoms with Crippen LogP contribution in [0.3, 0.4) is 0 Å². The summed E-state index contributed by atoms with van der Waals surface area (Å²) in [5, 5.41) is 13.4. The first kappa shape index (κ1) is 52.1. The number of fused-ring (bicyclic) bond motifs is 2. The van der Waals surface area contributed by atoms with Crippen LogP contribution in [0.15, 0.2) is 71.2 Å². The Labute approximate surface area is 378 Å². The maximum Gasteiger partial charge on any atom is 0.246 e. The highest BCUT2D eigenvalue weighted by molar-refractivity contribution is 6.04. The molecule has 2 aromatic carbocycles. The molecule has 1 aliphatic carbocycles. The van der Waals surface area contributed by atoms with E-state index >= 15 is 0 Å². The number of nitrogens with zero attached hydrogens (tertiary/aromatic N) is 2. The van der Waals surface area contributed by atoms with Crippen LogP contribution in [0, 0.1) is 6.92 Å². The molecule has 1 aliphatic heterocycles. The van der Waals surface area contributed by atoms with Crippen LogP contribution in [0.4, 0.5) is 11.4 Å². The van der Waals surface area contributed by atoms with Crippen LogP contribution >= 0.6 is 0 Å². The molecule has 63 heavy (non-hydrogen) atoms. The van der Waals surface area contributed by atoms with Crippen molar-refractivity contribution in [2.75, 3.05) is 89.1 Å². The average molecular weight is 892 g/mol. The number of aryl methyl sites for hydroxylation is 1. The van der Waals surface area contributed by atoms with Gasteiger partial charge >= 0.3 is 0 Å². The van der Waals surface area contributed by atoms with E-state index in [1.165, 1.54) is 6.92 Å². The predicted molar refractivity (Wildman–Crippen MR) is 246 cm³/mol. The van der Waals surface area contributed by atoms with Crippen LogP contribution < -0.4 is 48.5 Å². The SMILES string of the molecule is C=C(C)C(=O)NCCOCCOCCOCC(=O)NCCCC[C@H](NC(C)=O)C(=O)Nc1ccc(-c2c3ccc(=[N+](CC)CC)cc-3oc3cc(N(CC)CC)ccc23)c(C)c1.[Cl-]. The number of nitrogens with one attached hydrogen (secondary N) is 4. The number of halogens is 1. The zero-order valence-corrected chi connectivity index (χ0v) is 38.9. The fourth-order valence-corrected chi connectivity index (χ4v) is 7.24. The van der Waals surface area contributed by atoms with E-state index in [-0.39, 0.29) is 49.2 Å². The molecular formula is C48H67ClN6O8. The van der Waals surface area contributed by atoms with Crippen LogP contribution in [-0.4, -0.2) is 109 Å².